The second-order valence-electron chi connectivity index (χ2n) is 17.5. The summed E-state index contributed by atoms with van der Waals surface area (Å²) in [6, 6.07) is 29.8. The largest absolute Gasteiger partial charge is 0.494 e. The third kappa shape index (κ3) is 15.1. The molecule has 0 amide bonds. The van der Waals surface area contributed by atoms with Gasteiger partial charge in [0, 0.05) is 24.7 Å². The van der Waals surface area contributed by atoms with E-state index < -0.39 is 5.97 Å². The zero-order valence-electron chi connectivity index (χ0n) is 38.8. The third-order valence-corrected chi connectivity index (χ3v) is 11.9. The maximum Gasteiger partial charge on any atom is 0.339 e. The van der Waals surface area contributed by atoms with Crippen LogP contribution < -0.4 is 19.2 Å². The second-order valence-corrected chi connectivity index (χ2v) is 17.5. The molecule has 2 aliphatic rings. The molecule has 11 heteroatoms. The van der Waals surface area contributed by atoms with Crippen LogP contribution in [0.1, 0.15) is 132 Å². The molecule has 2 fully saturated rings. The van der Waals surface area contributed by atoms with Gasteiger partial charge >= 0.3 is 17.9 Å². The van der Waals surface area contributed by atoms with Crippen LogP contribution in [0.3, 0.4) is 0 Å². The molecule has 65 heavy (non-hydrogen) atoms. The maximum absolute atomic E-state index is 14.1. The Morgan fingerprint density at radius 3 is 2.02 bits per heavy atom. The smallest absolute Gasteiger partial charge is 0.339 e. The summed E-state index contributed by atoms with van der Waals surface area (Å²) in [6.07, 6.45) is 13.3. The molecule has 6 rings (SSSR count). The lowest BCUT2D eigenvalue weighted by atomic mass is 9.87. The molecule has 0 radical (unpaired) electrons. The molecule has 0 saturated heterocycles. The monoisotopic (exact) mass is 885 g/mol. The van der Waals surface area contributed by atoms with Gasteiger partial charge in [0.1, 0.15) is 29.2 Å². The van der Waals surface area contributed by atoms with E-state index in [0.717, 1.165) is 100 Å². The lowest BCUT2D eigenvalue weighted by Crippen LogP contribution is -2.31. The van der Waals surface area contributed by atoms with Crippen LogP contribution >= 0.6 is 0 Å². The van der Waals surface area contributed by atoms with Gasteiger partial charge in [-0.1, -0.05) is 82.9 Å². The topological polar surface area (TPSA) is 125 Å². The number of nitrogens with zero attached hydrogens (tertiary/aromatic N) is 3. The summed E-state index contributed by atoms with van der Waals surface area (Å²) in [7, 11) is 0. The first-order chi connectivity index (χ1) is 31.7. The fraction of sp³-hybridized carbons (Fsp3) is 0.463. The van der Waals surface area contributed by atoms with Gasteiger partial charge in [0.2, 0.25) is 0 Å². The van der Waals surface area contributed by atoms with Gasteiger partial charge in [0.25, 0.3) is 0 Å². The summed E-state index contributed by atoms with van der Waals surface area (Å²) in [5.41, 5.74) is 3.36. The zero-order valence-corrected chi connectivity index (χ0v) is 38.8. The molecule has 0 atom stereocenters. The summed E-state index contributed by atoms with van der Waals surface area (Å²) in [5.74, 6) is 0.678. The molecule has 0 bridgehead atoms. The Hall–Kier alpha value is -5.81. The predicted molar refractivity (Wildman–Crippen MR) is 257 cm³/mol. The number of para-hydroxylation sites is 2. The molecule has 0 aromatic heterocycles. The third-order valence-electron chi connectivity index (χ3n) is 11.9. The number of rotatable bonds is 21. The Bertz CT molecular complexity index is 2170. The van der Waals surface area contributed by atoms with Crippen molar-refractivity contribution in [2.45, 2.75) is 124 Å². The van der Waals surface area contributed by atoms with E-state index >= 15 is 0 Å². The van der Waals surface area contributed by atoms with Crippen molar-refractivity contribution in [1.82, 2.24) is 0 Å². The molecule has 0 N–H and O–H groups in total. The molecule has 0 heterocycles. The molecule has 11 nitrogen and oxygen atoms in total. The standard InChI is InChI=1S/C54H67N3O8/c1-5-34-61-35-16-6-7-17-36-62-45-28-30-47(31-29-45)63-53(59)42-24-26-46(27-25-42)64-54(60)49-33-32-48(65-52(58)41-19-10-8-11-20-41)37-43(49)38-55-57(44-21-12-9-13-22-44)51(39(2)3)56-50-23-15-14-18-40(50)4/h9,12-15,18,21-23,28-33,37-39,41-42,46H,5-8,10-11,16-17,19-20,24-27,34-36H2,1-4H3/b55-38+,56-51+/t42-,46-. The Morgan fingerprint density at radius 1 is 0.692 bits per heavy atom. The minimum Gasteiger partial charge on any atom is -0.494 e. The van der Waals surface area contributed by atoms with Crippen LogP contribution in [-0.2, 0) is 19.1 Å². The van der Waals surface area contributed by atoms with Gasteiger partial charge in [0.15, 0.2) is 0 Å². The summed E-state index contributed by atoms with van der Waals surface area (Å²) in [4.78, 5) is 45.6. The molecular weight excluding hydrogens is 819 g/mol. The van der Waals surface area contributed by atoms with Crippen molar-refractivity contribution in [1.29, 1.82) is 0 Å². The van der Waals surface area contributed by atoms with E-state index in [1.807, 2.05) is 73.7 Å². The highest BCUT2D eigenvalue weighted by molar-refractivity contribution is 6.04. The van der Waals surface area contributed by atoms with Crippen LogP contribution in [0.15, 0.2) is 107 Å². The Kier molecular flexibility index (Phi) is 19.2. The van der Waals surface area contributed by atoms with Gasteiger partial charge in [-0.05, 0) is 137 Å². The minimum absolute atomic E-state index is 0.0296. The zero-order chi connectivity index (χ0) is 45.8. The van der Waals surface area contributed by atoms with Crippen molar-refractivity contribution < 1.29 is 38.1 Å². The number of anilines is 1. The van der Waals surface area contributed by atoms with E-state index in [9.17, 15) is 14.4 Å². The van der Waals surface area contributed by atoms with Crippen molar-refractivity contribution in [3.05, 3.63) is 114 Å². The minimum atomic E-state index is -0.522. The number of hydrazone groups is 1. The van der Waals surface area contributed by atoms with E-state index in [-0.39, 0.29) is 41.4 Å². The number of aryl methyl sites for hydroxylation is 1. The van der Waals surface area contributed by atoms with Crippen molar-refractivity contribution in [2.24, 2.45) is 27.8 Å². The number of hydrogen-bond acceptors (Lipinski definition) is 10. The Morgan fingerprint density at radius 2 is 1.32 bits per heavy atom. The Labute approximate surface area is 385 Å². The van der Waals surface area contributed by atoms with E-state index in [1.165, 1.54) is 0 Å². The number of amidine groups is 1. The van der Waals surface area contributed by atoms with Gasteiger partial charge in [0.05, 0.1) is 41.6 Å². The van der Waals surface area contributed by atoms with Crippen LogP contribution in [0.5, 0.6) is 17.2 Å². The predicted octanol–water partition coefficient (Wildman–Crippen LogP) is 12.4. The molecule has 4 aromatic carbocycles. The highest BCUT2D eigenvalue weighted by atomic mass is 16.5. The fourth-order valence-corrected chi connectivity index (χ4v) is 8.15. The average Bonchev–Trinajstić information content (AvgIpc) is 3.32. The number of benzene rings is 4. The molecule has 0 unspecified atom stereocenters. The fourth-order valence-electron chi connectivity index (χ4n) is 8.15. The van der Waals surface area contributed by atoms with Crippen molar-refractivity contribution in [3.63, 3.8) is 0 Å². The van der Waals surface area contributed by atoms with Gasteiger partial charge in [-0.25, -0.2) is 14.8 Å². The SMILES string of the molecule is CCCOCCCCCCOc1ccc(OC(=O)[C@H]2CC[C@H](OC(=O)c3ccc(OC(=O)C4CCCCC4)cc3/C=N/N(/C(=N/c3ccccc3C)C(C)C)c3ccccc3)CC2)cc1. The van der Waals surface area contributed by atoms with Gasteiger partial charge in [-0.2, -0.15) is 5.10 Å². The summed E-state index contributed by atoms with van der Waals surface area (Å²) >= 11 is 0. The van der Waals surface area contributed by atoms with E-state index in [2.05, 4.69) is 20.8 Å². The summed E-state index contributed by atoms with van der Waals surface area (Å²) in [6.45, 7) is 10.5. The van der Waals surface area contributed by atoms with Crippen molar-refractivity contribution in [2.75, 3.05) is 24.8 Å². The molecule has 2 aliphatic carbocycles. The molecule has 2 saturated carbocycles. The van der Waals surface area contributed by atoms with E-state index in [4.69, 9.17) is 33.8 Å². The first-order valence-corrected chi connectivity index (χ1v) is 23.8. The quantitative estimate of drug-likeness (QED) is 0.0201. The Balaban J connectivity index is 1.10. The van der Waals surface area contributed by atoms with E-state index in [1.54, 1.807) is 41.6 Å². The highest BCUT2D eigenvalue weighted by Crippen LogP contribution is 2.31. The lowest BCUT2D eigenvalue weighted by Gasteiger charge is -2.27. The van der Waals surface area contributed by atoms with E-state index in [0.29, 0.717) is 55.2 Å². The molecule has 0 aliphatic heterocycles. The van der Waals surface area contributed by atoms with Crippen molar-refractivity contribution in [3.8, 4) is 17.2 Å². The number of carbonyl (C=O) groups is 3. The highest BCUT2D eigenvalue weighted by Gasteiger charge is 2.31. The maximum atomic E-state index is 14.1. The lowest BCUT2D eigenvalue weighted by molar-refractivity contribution is -0.141. The molecule has 4 aromatic rings. The molecular formula is C54H67N3O8. The van der Waals surface area contributed by atoms with Crippen LogP contribution in [0.2, 0.25) is 0 Å². The average molecular weight is 886 g/mol. The van der Waals surface area contributed by atoms with Crippen LogP contribution in [-0.4, -0.2) is 55.9 Å². The first kappa shape index (κ1) is 48.6. The van der Waals surface area contributed by atoms with Gasteiger partial charge in [-0.15, -0.1) is 0 Å². The van der Waals surface area contributed by atoms with Gasteiger partial charge in [-0.3, -0.25) is 9.59 Å². The number of unbranched alkanes of at least 4 members (excludes halogenated alkanes) is 3. The summed E-state index contributed by atoms with van der Waals surface area (Å²) < 4.78 is 29.2. The van der Waals surface area contributed by atoms with Crippen LogP contribution in [0.4, 0.5) is 11.4 Å². The number of esters is 3. The molecule has 0 spiro atoms. The number of hydrogen-bond donors (Lipinski definition) is 0. The van der Waals surface area contributed by atoms with Crippen LogP contribution in [0, 0.1) is 24.7 Å². The molecule has 346 valence electrons. The number of carbonyl (C=O) groups excluding carboxylic acids is 3. The normalized spacial score (nSPS) is 16.9. The summed E-state index contributed by atoms with van der Waals surface area (Å²) in [5, 5.41) is 6.76. The van der Waals surface area contributed by atoms with Crippen molar-refractivity contribution >= 4 is 41.3 Å². The first-order valence-electron chi connectivity index (χ1n) is 23.8. The van der Waals surface area contributed by atoms with Crippen LogP contribution in [0.25, 0.3) is 0 Å². The van der Waals surface area contributed by atoms with Gasteiger partial charge < -0.3 is 23.7 Å². The number of ether oxygens (including phenoxy) is 5. The number of aliphatic imine (C=N–C) groups is 1. The second kappa shape index (κ2) is 25.6.